The standard InChI is InChI=1S/C18H23NO2/c1-17(2)15(18(17,3)4)16(21)19-11-7-10-14(20)12-8-5-6-9-13(12)19/h5-6,8-9,15H,7,10-11H2,1-4H3. The SMILES string of the molecule is CC1(C)C(C(=O)N2CCCC(=O)c3ccccc32)C1(C)C. The third kappa shape index (κ3) is 1.94. The van der Waals surface area contributed by atoms with Crippen molar-refractivity contribution in [1.82, 2.24) is 0 Å². The second kappa shape index (κ2) is 4.43. The zero-order valence-corrected chi connectivity index (χ0v) is 13.3. The molecule has 0 unspecified atom stereocenters. The van der Waals surface area contributed by atoms with E-state index >= 15 is 0 Å². The van der Waals surface area contributed by atoms with Gasteiger partial charge in [0.2, 0.25) is 5.91 Å². The molecule has 0 radical (unpaired) electrons. The van der Waals surface area contributed by atoms with Crippen LogP contribution in [0.1, 0.15) is 50.9 Å². The maximum atomic E-state index is 13.0. The summed E-state index contributed by atoms with van der Waals surface area (Å²) in [6, 6.07) is 7.52. The highest BCUT2D eigenvalue weighted by Gasteiger charge is 2.69. The first-order chi connectivity index (χ1) is 9.78. The number of Topliss-reactive ketones (excluding diaryl/α,β-unsaturated/α-hetero) is 1. The molecule has 1 aromatic rings. The van der Waals surface area contributed by atoms with Gasteiger partial charge in [0.25, 0.3) is 0 Å². The van der Waals surface area contributed by atoms with Crippen LogP contribution in [0.2, 0.25) is 0 Å². The molecule has 0 bridgehead atoms. The van der Waals surface area contributed by atoms with Crippen molar-refractivity contribution in [3.8, 4) is 0 Å². The lowest BCUT2D eigenvalue weighted by Gasteiger charge is -2.23. The lowest BCUT2D eigenvalue weighted by Crippen LogP contribution is -2.34. The summed E-state index contributed by atoms with van der Waals surface area (Å²) in [5.41, 5.74) is 1.54. The van der Waals surface area contributed by atoms with Crippen LogP contribution in [0.25, 0.3) is 0 Å². The van der Waals surface area contributed by atoms with Gasteiger partial charge in [0.15, 0.2) is 5.78 Å². The molecule has 21 heavy (non-hydrogen) atoms. The number of carbonyl (C=O) groups is 2. The lowest BCUT2D eigenvalue weighted by molar-refractivity contribution is -0.120. The molecular weight excluding hydrogens is 262 g/mol. The number of ketones is 1. The van der Waals surface area contributed by atoms with E-state index in [-0.39, 0.29) is 28.4 Å². The van der Waals surface area contributed by atoms with E-state index in [2.05, 4.69) is 27.7 Å². The Morgan fingerprint density at radius 1 is 1.14 bits per heavy atom. The molecule has 0 atom stereocenters. The van der Waals surface area contributed by atoms with Crippen molar-refractivity contribution in [2.75, 3.05) is 11.4 Å². The van der Waals surface area contributed by atoms with E-state index in [0.717, 1.165) is 12.1 Å². The van der Waals surface area contributed by atoms with Crippen LogP contribution >= 0.6 is 0 Å². The Labute approximate surface area is 126 Å². The van der Waals surface area contributed by atoms with Gasteiger partial charge in [0, 0.05) is 24.4 Å². The summed E-state index contributed by atoms with van der Waals surface area (Å²) in [7, 11) is 0. The highest BCUT2D eigenvalue weighted by atomic mass is 16.2. The van der Waals surface area contributed by atoms with Crippen molar-refractivity contribution in [3.05, 3.63) is 29.8 Å². The highest BCUT2D eigenvalue weighted by molar-refractivity contribution is 6.08. The molecule has 1 fully saturated rings. The fourth-order valence-corrected chi connectivity index (χ4v) is 3.80. The molecule has 1 aliphatic heterocycles. The number of carbonyl (C=O) groups excluding carboxylic acids is 2. The number of nitrogens with zero attached hydrogens (tertiary/aromatic N) is 1. The Balaban J connectivity index is 1.98. The molecule has 0 saturated heterocycles. The first kappa shape index (κ1) is 14.3. The second-order valence-electron chi connectivity index (χ2n) is 7.41. The molecule has 112 valence electrons. The number of para-hydroxylation sites is 1. The van der Waals surface area contributed by atoms with E-state index in [9.17, 15) is 9.59 Å². The van der Waals surface area contributed by atoms with E-state index in [0.29, 0.717) is 18.5 Å². The van der Waals surface area contributed by atoms with Gasteiger partial charge in [-0.15, -0.1) is 0 Å². The topological polar surface area (TPSA) is 37.4 Å². The smallest absolute Gasteiger partial charge is 0.231 e. The average Bonchev–Trinajstić information content (AvgIpc) is 2.91. The van der Waals surface area contributed by atoms with Crippen LogP contribution in [0.5, 0.6) is 0 Å². The molecule has 0 aromatic heterocycles. The van der Waals surface area contributed by atoms with Crippen LogP contribution in [0, 0.1) is 16.7 Å². The highest BCUT2D eigenvalue weighted by Crippen LogP contribution is 2.69. The minimum atomic E-state index is 0.0232. The van der Waals surface area contributed by atoms with Gasteiger partial charge < -0.3 is 4.90 Å². The molecule has 0 N–H and O–H groups in total. The fourth-order valence-electron chi connectivity index (χ4n) is 3.80. The second-order valence-corrected chi connectivity index (χ2v) is 7.41. The number of amides is 1. The summed E-state index contributed by atoms with van der Waals surface area (Å²) < 4.78 is 0. The summed E-state index contributed by atoms with van der Waals surface area (Å²) in [6.07, 6.45) is 1.27. The molecule has 2 aliphatic rings. The molecule has 3 rings (SSSR count). The van der Waals surface area contributed by atoms with Gasteiger partial charge >= 0.3 is 0 Å². The van der Waals surface area contributed by atoms with E-state index in [1.807, 2.05) is 29.2 Å². The minimum absolute atomic E-state index is 0.0232. The van der Waals surface area contributed by atoms with Crippen molar-refractivity contribution in [2.24, 2.45) is 16.7 Å². The summed E-state index contributed by atoms with van der Waals surface area (Å²) in [6.45, 7) is 9.27. The Morgan fingerprint density at radius 2 is 1.76 bits per heavy atom. The monoisotopic (exact) mass is 285 g/mol. The molecule has 1 amide bonds. The maximum absolute atomic E-state index is 13.0. The van der Waals surface area contributed by atoms with Crippen molar-refractivity contribution >= 4 is 17.4 Å². The largest absolute Gasteiger partial charge is 0.311 e. The van der Waals surface area contributed by atoms with Crippen LogP contribution in [-0.2, 0) is 4.79 Å². The van der Waals surface area contributed by atoms with Gasteiger partial charge in [-0.25, -0.2) is 0 Å². The van der Waals surface area contributed by atoms with Crippen molar-refractivity contribution in [3.63, 3.8) is 0 Å². The summed E-state index contributed by atoms with van der Waals surface area (Å²) >= 11 is 0. The van der Waals surface area contributed by atoms with Crippen molar-refractivity contribution in [2.45, 2.75) is 40.5 Å². The van der Waals surface area contributed by atoms with Crippen LogP contribution in [-0.4, -0.2) is 18.2 Å². The zero-order chi connectivity index (χ0) is 15.4. The first-order valence-corrected chi connectivity index (χ1v) is 7.72. The summed E-state index contributed by atoms with van der Waals surface area (Å²) in [4.78, 5) is 27.1. The van der Waals surface area contributed by atoms with Gasteiger partial charge in [-0.05, 0) is 29.4 Å². The fraction of sp³-hybridized carbons (Fsp3) is 0.556. The zero-order valence-electron chi connectivity index (χ0n) is 13.3. The minimum Gasteiger partial charge on any atom is -0.311 e. The van der Waals surface area contributed by atoms with Crippen LogP contribution in [0.15, 0.2) is 24.3 Å². The van der Waals surface area contributed by atoms with Gasteiger partial charge in [-0.3, -0.25) is 9.59 Å². The molecule has 3 nitrogen and oxygen atoms in total. The van der Waals surface area contributed by atoms with Crippen LogP contribution in [0.3, 0.4) is 0 Å². The number of rotatable bonds is 1. The number of fused-ring (bicyclic) bond motifs is 1. The summed E-state index contributed by atoms with van der Waals surface area (Å²) in [5, 5.41) is 0. The Hall–Kier alpha value is -1.64. The van der Waals surface area contributed by atoms with Crippen LogP contribution < -0.4 is 4.90 Å². The van der Waals surface area contributed by atoms with Gasteiger partial charge in [-0.2, -0.15) is 0 Å². The van der Waals surface area contributed by atoms with E-state index in [1.165, 1.54) is 0 Å². The summed E-state index contributed by atoms with van der Waals surface area (Å²) in [5.74, 6) is 0.355. The third-order valence-electron chi connectivity index (χ3n) is 5.81. The predicted molar refractivity (Wildman–Crippen MR) is 83.4 cm³/mol. The Bertz CT molecular complexity index is 601. The van der Waals surface area contributed by atoms with E-state index in [1.54, 1.807) is 0 Å². The van der Waals surface area contributed by atoms with Crippen molar-refractivity contribution in [1.29, 1.82) is 0 Å². The molecule has 1 aliphatic carbocycles. The first-order valence-electron chi connectivity index (χ1n) is 7.72. The molecule has 1 aromatic carbocycles. The Morgan fingerprint density at radius 3 is 2.38 bits per heavy atom. The molecule has 1 saturated carbocycles. The lowest BCUT2D eigenvalue weighted by atomic mass is 10.0. The average molecular weight is 285 g/mol. The van der Waals surface area contributed by atoms with E-state index < -0.39 is 0 Å². The van der Waals surface area contributed by atoms with Gasteiger partial charge in [0.1, 0.15) is 0 Å². The maximum Gasteiger partial charge on any atom is 0.231 e. The molecule has 3 heteroatoms. The normalized spacial score (nSPS) is 23.4. The molecule has 1 heterocycles. The Kier molecular flexibility index (Phi) is 3.01. The van der Waals surface area contributed by atoms with E-state index in [4.69, 9.17) is 0 Å². The van der Waals surface area contributed by atoms with Crippen LogP contribution in [0.4, 0.5) is 5.69 Å². The van der Waals surface area contributed by atoms with Gasteiger partial charge in [0.05, 0.1) is 5.69 Å². The van der Waals surface area contributed by atoms with Gasteiger partial charge in [-0.1, -0.05) is 39.8 Å². The number of benzene rings is 1. The van der Waals surface area contributed by atoms with Crippen molar-refractivity contribution < 1.29 is 9.59 Å². The number of anilines is 1. The molecular formula is C18H23NO2. The number of hydrogen-bond donors (Lipinski definition) is 0. The number of hydrogen-bond acceptors (Lipinski definition) is 2. The third-order valence-corrected chi connectivity index (χ3v) is 5.81. The molecule has 0 spiro atoms. The predicted octanol–water partition coefficient (Wildman–Crippen LogP) is 3.68. The quantitative estimate of drug-likeness (QED) is 0.789.